The molecule has 106 valence electrons. The van der Waals surface area contributed by atoms with Crippen molar-refractivity contribution < 1.29 is 14.7 Å². The normalized spacial score (nSPS) is 12.6. The van der Waals surface area contributed by atoms with Gasteiger partial charge in [-0.05, 0) is 24.1 Å². The van der Waals surface area contributed by atoms with Crippen LogP contribution >= 0.6 is 0 Å². The van der Waals surface area contributed by atoms with E-state index in [0.717, 1.165) is 10.9 Å². The first-order chi connectivity index (χ1) is 9.47. The molecule has 0 fully saturated rings. The van der Waals surface area contributed by atoms with Gasteiger partial charge in [0, 0.05) is 17.0 Å². The molecule has 3 N–H and O–H groups in total. The lowest BCUT2D eigenvalue weighted by atomic mass is 10.0. The predicted octanol–water partition coefficient (Wildman–Crippen LogP) is 1.79. The monoisotopic (exact) mass is 275 g/mol. The molecule has 1 aromatic heterocycles. The maximum Gasteiger partial charge on any atom is 0.305 e. The van der Waals surface area contributed by atoms with Crippen LogP contribution in [0, 0.1) is 5.92 Å². The number of amides is 1. The minimum Gasteiger partial charge on any atom is -0.481 e. The Morgan fingerprint density at radius 1 is 1.40 bits per heavy atom. The number of nitrogens with zero attached hydrogens (tertiary/aromatic N) is 1. The van der Waals surface area contributed by atoms with Gasteiger partial charge in [-0.15, -0.1) is 0 Å². The molecule has 0 spiro atoms. The van der Waals surface area contributed by atoms with Gasteiger partial charge in [0.2, 0.25) is 0 Å². The summed E-state index contributed by atoms with van der Waals surface area (Å²) in [5.74, 6) is -1.14. The number of rotatable bonds is 5. The van der Waals surface area contributed by atoms with Gasteiger partial charge in [-0.1, -0.05) is 13.8 Å². The molecule has 6 nitrogen and oxygen atoms in total. The van der Waals surface area contributed by atoms with Crippen LogP contribution in [0.15, 0.2) is 24.4 Å². The van der Waals surface area contributed by atoms with Gasteiger partial charge in [0.1, 0.15) is 0 Å². The number of carbonyl (C=O) groups excluding carboxylic acids is 1. The van der Waals surface area contributed by atoms with Crippen molar-refractivity contribution in [2.75, 3.05) is 0 Å². The highest BCUT2D eigenvalue weighted by Crippen LogP contribution is 2.14. The van der Waals surface area contributed by atoms with Gasteiger partial charge in [0.15, 0.2) is 0 Å². The molecule has 0 saturated heterocycles. The van der Waals surface area contributed by atoms with E-state index in [9.17, 15) is 9.59 Å². The molecular weight excluding hydrogens is 258 g/mol. The van der Waals surface area contributed by atoms with Crippen LogP contribution < -0.4 is 5.32 Å². The van der Waals surface area contributed by atoms with Crippen molar-refractivity contribution in [2.45, 2.75) is 26.3 Å². The SMILES string of the molecule is CC(C)C(CC(=O)O)NC(=O)c1ccc2[nH]ncc2c1. The Hall–Kier alpha value is -2.37. The maximum atomic E-state index is 12.2. The third-order valence-electron chi connectivity index (χ3n) is 3.22. The molecule has 0 saturated carbocycles. The van der Waals surface area contributed by atoms with E-state index in [1.165, 1.54) is 0 Å². The lowest BCUT2D eigenvalue weighted by molar-refractivity contribution is -0.137. The molecule has 1 unspecified atom stereocenters. The number of H-pyrrole nitrogens is 1. The van der Waals surface area contributed by atoms with E-state index in [0.29, 0.717) is 5.56 Å². The Kier molecular flexibility index (Phi) is 4.02. The van der Waals surface area contributed by atoms with Crippen molar-refractivity contribution in [1.82, 2.24) is 15.5 Å². The number of hydrogen-bond donors (Lipinski definition) is 3. The molecule has 0 aliphatic rings. The molecule has 1 amide bonds. The van der Waals surface area contributed by atoms with E-state index in [1.807, 2.05) is 13.8 Å². The molecule has 20 heavy (non-hydrogen) atoms. The summed E-state index contributed by atoms with van der Waals surface area (Å²) >= 11 is 0. The quantitative estimate of drug-likeness (QED) is 0.775. The number of hydrogen-bond acceptors (Lipinski definition) is 3. The fourth-order valence-electron chi connectivity index (χ4n) is 1.98. The first-order valence-corrected chi connectivity index (χ1v) is 6.43. The van der Waals surface area contributed by atoms with Gasteiger partial charge < -0.3 is 10.4 Å². The smallest absolute Gasteiger partial charge is 0.305 e. The molecule has 1 heterocycles. The van der Waals surface area contributed by atoms with Crippen molar-refractivity contribution in [1.29, 1.82) is 0 Å². The number of nitrogens with one attached hydrogen (secondary N) is 2. The maximum absolute atomic E-state index is 12.2. The van der Waals surface area contributed by atoms with E-state index in [4.69, 9.17) is 5.11 Å². The third-order valence-corrected chi connectivity index (χ3v) is 3.22. The molecule has 0 aliphatic heterocycles. The number of fused-ring (bicyclic) bond motifs is 1. The zero-order chi connectivity index (χ0) is 14.7. The molecule has 6 heteroatoms. The van der Waals surface area contributed by atoms with Crippen LogP contribution in [-0.4, -0.2) is 33.2 Å². The van der Waals surface area contributed by atoms with Crippen LogP contribution in [0.1, 0.15) is 30.6 Å². The van der Waals surface area contributed by atoms with Gasteiger partial charge in [0.25, 0.3) is 5.91 Å². The second-order valence-electron chi connectivity index (χ2n) is 5.09. The molecule has 1 atom stereocenters. The number of benzene rings is 1. The highest BCUT2D eigenvalue weighted by molar-refractivity contribution is 5.98. The summed E-state index contributed by atoms with van der Waals surface area (Å²) in [7, 11) is 0. The lowest BCUT2D eigenvalue weighted by Gasteiger charge is -2.20. The summed E-state index contributed by atoms with van der Waals surface area (Å²) in [4.78, 5) is 23.0. The highest BCUT2D eigenvalue weighted by atomic mass is 16.4. The van der Waals surface area contributed by atoms with Crippen LogP contribution in [0.2, 0.25) is 0 Å². The van der Waals surface area contributed by atoms with E-state index in [-0.39, 0.29) is 24.3 Å². The Morgan fingerprint density at radius 2 is 2.15 bits per heavy atom. The van der Waals surface area contributed by atoms with Gasteiger partial charge >= 0.3 is 5.97 Å². The van der Waals surface area contributed by atoms with Crippen molar-refractivity contribution in [3.8, 4) is 0 Å². The predicted molar refractivity (Wildman–Crippen MR) is 74.4 cm³/mol. The first kappa shape index (κ1) is 14.0. The Balaban J connectivity index is 2.14. The zero-order valence-corrected chi connectivity index (χ0v) is 11.4. The van der Waals surface area contributed by atoms with Crippen molar-refractivity contribution in [3.05, 3.63) is 30.0 Å². The average Bonchev–Trinajstić information content (AvgIpc) is 2.84. The number of carbonyl (C=O) groups is 2. The number of carboxylic acids is 1. The van der Waals surface area contributed by atoms with Crippen LogP contribution in [0.3, 0.4) is 0 Å². The molecule has 2 aromatic rings. The van der Waals surface area contributed by atoms with Gasteiger partial charge in [-0.2, -0.15) is 5.10 Å². The Labute approximate surface area is 116 Å². The Morgan fingerprint density at radius 3 is 2.80 bits per heavy atom. The minimum absolute atomic E-state index is 0.0488. The largest absolute Gasteiger partial charge is 0.481 e. The zero-order valence-electron chi connectivity index (χ0n) is 11.4. The summed E-state index contributed by atoms with van der Waals surface area (Å²) in [6, 6.07) is 4.80. The third kappa shape index (κ3) is 3.14. The van der Waals surface area contributed by atoms with Crippen LogP contribution in [-0.2, 0) is 4.79 Å². The van der Waals surface area contributed by atoms with E-state index >= 15 is 0 Å². The number of aliphatic carboxylic acids is 1. The molecule has 0 bridgehead atoms. The second kappa shape index (κ2) is 5.73. The molecule has 2 rings (SSSR count). The van der Waals surface area contributed by atoms with Crippen LogP contribution in [0.4, 0.5) is 0 Å². The number of aromatic nitrogens is 2. The molecule has 0 aliphatic carbocycles. The van der Waals surface area contributed by atoms with Gasteiger partial charge in [0.05, 0.1) is 18.1 Å². The van der Waals surface area contributed by atoms with Crippen molar-refractivity contribution >= 4 is 22.8 Å². The molecular formula is C14H17N3O3. The fourth-order valence-corrected chi connectivity index (χ4v) is 1.98. The van der Waals surface area contributed by atoms with Gasteiger partial charge in [-0.3, -0.25) is 14.7 Å². The summed E-state index contributed by atoms with van der Waals surface area (Å²) in [6.07, 6.45) is 1.56. The topological polar surface area (TPSA) is 95.1 Å². The van der Waals surface area contributed by atoms with Crippen LogP contribution in [0.5, 0.6) is 0 Å². The first-order valence-electron chi connectivity index (χ1n) is 6.43. The lowest BCUT2D eigenvalue weighted by Crippen LogP contribution is -2.40. The molecule has 0 radical (unpaired) electrons. The van der Waals surface area contributed by atoms with Crippen molar-refractivity contribution in [3.63, 3.8) is 0 Å². The average molecular weight is 275 g/mol. The fraction of sp³-hybridized carbons (Fsp3) is 0.357. The van der Waals surface area contributed by atoms with Gasteiger partial charge in [-0.25, -0.2) is 0 Å². The number of aromatic amines is 1. The minimum atomic E-state index is -0.922. The second-order valence-corrected chi connectivity index (χ2v) is 5.09. The van der Waals surface area contributed by atoms with E-state index in [2.05, 4.69) is 15.5 Å². The van der Waals surface area contributed by atoms with E-state index < -0.39 is 5.97 Å². The van der Waals surface area contributed by atoms with Crippen LogP contribution in [0.25, 0.3) is 10.9 Å². The summed E-state index contributed by atoms with van der Waals surface area (Å²) in [5.41, 5.74) is 1.35. The highest BCUT2D eigenvalue weighted by Gasteiger charge is 2.20. The van der Waals surface area contributed by atoms with E-state index in [1.54, 1.807) is 24.4 Å². The summed E-state index contributed by atoms with van der Waals surface area (Å²) in [5, 5.41) is 19.2. The standard InChI is InChI=1S/C14H17N3O3/c1-8(2)12(6-13(18)19)16-14(20)9-3-4-11-10(5-9)7-15-17-11/h3-5,7-8,12H,6H2,1-2H3,(H,15,17)(H,16,20)(H,18,19). The Bertz CT molecular complexity index is 633. The van der Waals surface area contributed by atoms with Crippen molar-refractivity contribution in [2.24, 2.45) is 5.92 Å². The number of carboxylic acid groups (broad SMARTS) is 1. The summed E-state index contributed by atoms with van der Waals surface area (Å²) in [6.45, 7) is 3.76. The molecule has 1 aromatic carbocycles. The summed E-state index contributed by atoms with van der Waals surface area (Å²) < 4.78 is 0.